The predicted octanol–water partition coefficient (Wildman–Crippen LogP) is 3.76. The molecule has 3 nitrogen and oxygen atoms in total. The van der Waals surface area contributed by atoms with E-state index < -0.39 is 0 Å². The van der Waals surface area contributed by atoms with E-state index in [1.54, 1.807) is 0 Å². The molecule has 0 unspecified atom stereocenters. The number of halogens is 2. The van der Waals surface area contributed by atoms with Gasteiger partial charge in [-0.1, -0.05) is 11.6 Å². The van der Waals surface area contributed by atoms with Gasteiger partial charge >= 0.3 is 0 Å². The second-order valence-corrected chi connectivity index (χ2v) is 5.16. The average molecular weight is 315 g/mol. The minimum atomic E-state index is 0.706. The Balaban J connectivity index is 2.07. The molecule has 0 saturated carbocycles. The highest BCUT2D eigenvalue weighted by Gasteiger charge is 2.03. The lowest BCUT2D eigenvalue weighted by molar-refractivity contribution is 0.756. The molecule has 17 heavy (non-hydrogen) atoms. The van der Waals surface area contributed by atoms with Gasteiger partial charge in [-0.2, -0.15) is 5.10 Å². The van der Waals surface area contributed by atoms with Crippen LogP contribution in [0.5, 0.6) is 0 Å². The second kappa shape index (κ2) is 5.10. The van der Waals surface area contributed by atoms with E-state index in [1.807, 2.05) is 43.0 Å². The molecule has 1 aromatic heterocycles. The third-order valence-electron chi connectivity index (χ3n) is 2.52. The first-order chi connectivity index (χ1) is 8.06. The van der Waals surface area contributed by atoms with Crippen molar-refractivity contribution >= 4 is 33.2 Å². The van der Waals surface area contributed by atoms with E-state index in [4.69, 9.17) is 11.6 Å². The molecule has 0 amide bonds. The van der Waals surface area contributed by atoms with Crippen molar-refractivity contribution in [3.63, 3.8) is 0 Å². The summed E-state index contributed by atoms with van der Waals surface area (Å²) in [7, 11) is 1.92. The fraction of sp³-hybridized carbons (Fsp3) is 0.250. The molecule has 2 rings (SSSR count). The minimum absolute atomic E-state index is 0.706. The van der Waals surface area contributed by atoms with Crippen molar-refractivity contribution in [1.82, 2.24) is 9.78 Å². The van der Waals surface area contributed by atoms with Crippen molar-refractivity contribution in [1.29, 1.82) is 0 Å². The number of hydrogen-bond acceptors (Lipinski definition) is 2. The fourth-order valence-corrected chi connectivity index (χ4v) is 2.05. The largest absolute Gasteiger partial charge is 0.381 e. The van der Waals surface area contributed by atoms with Gasteiger partial charge < -0.3 is 5.32 Å². The predicted molar refractivity (Wildman–Crippen MR) is 74.4 cm³/mol. The summed E-state index contributed by atoms with van der Waals surface area (Å²) in [5, 5.41) is 8.33. The number of benzene rings is 1. The van der Waals surface area contributed by atoms with Crippen LogP contribution in [0.4, 0.5) is 5.69 Å². The van der Waals surface area contributed by atoms with Crippen molar-refractivity contribution in [2.24, 2.45) is 7.05 Å². The van der Waals surface area contributed by atoms with Gasteiger partial charge in [-0.3, -0.25) is 4.68 Å². The standard InChI is InChI=1S/C12H13BrClN3/c1-8-9(7-17(2)16-8)6-15-10-3-4-11(13)12(14)5-10/h3-5,7,15H,6H2,1-2H3. The molecular weight excluding hydrogens is 302 g/mol. The van der Waals surface area contributed by atoms with E-state index in [0.29, 0.717) is 5.02 Å². The maximum Gasteiger partial charge on any atom is 0.0643 e. The molecule has 0 fully saturated rings. The topological polar surface area (TPSA) is 29.9 Å². The zero-order chi connectivity index (χ0) is 12.4. The van der Waals surface area contributed by atoms with Crippen LogP contribution >= 0.6 is 27.5 Å². The molecule has 0 atom stereocenters. The molecule has 5 heteroatoms. The van der Waals surface area contributed by atoms with Crippen LogP contribution in [0.1, 0.15) is 11.3 Å². The number of hydrogen-bond donors (Lipinski definition) is 1. The normalized spacial score (nSPS) is 10.6. The first kappa shape index (κ1) is 12.5. The van der Waals surface area contributed by atoms with E-state index in [1.165, 1.54) is 5.56 Å². The Labute approximate surface area is 114 Å². The summed E-state index contributed by atoms with van der Waals surface area (Å²) in [6, 6.07) is 5.82. The Morgan fingerprint density at radius 3 is 2.82 bits per heavy atom. The highest BCUT2D eigenvalue weighted by Crippen LogP contribution is 2.25. The monoisotopic (exact) mass is 313 g/mol. The molecule has 0 aliphatic rings. The van der Waals surface area contributed by atoms with Gasteiger partial charge in [0.2, 0.25) is 0 Å². The average Bonchev–Trinajstić information content (AvgIpc) is 2.59. The molecule has 0 saturated heterocycles. The Kier molecular flexibility index (Phi) is 3.74. The molecule has 0 aliphatic heterocycles. The lowest BCUT2D eigenvalue weighted by Crippen LogP contribution is -1.99. The summed E-state index contributed by atoms with van der Waals surface area (Å²) in [5.41, 5.74) is 3.23. The van der Waals surface area contributed by atoms with E-state index in [9.17, 15) is 0 Å². The summed E-state index contributed by atoms with van der Waals surface area (Å²) < 4.78 is 2.73. The molecule has 1 heterocycles. The quantitative estimate of drug-likeness (QED) is 0.935. The second-order valence-electron chi connectivity index (χ2n) is 3.90. The van der Waals surface area contributed by atoms with Crippen LogP contribution in [-0.4, -0.2) is 9.78 Å². The van der Waals surface area contributed by atoms with Gasteiger partial charge in [-0.05, 0) is 41.1 Å². The SMILES string of the molecule is Cc1nn(C)cc1CNc1ccc(Br)c(Cl)c1. The summed E-state index contributed by atoms with van der Waals surface area (Å²) in [6.45, 7) is 2.75. The third kappa shape index (κ3) is 3.01. The van der Waals surface area contributed by atoms with Crippen LogP contribution in [0.25, 0.3) is 0 Å². The summed E-state index contributed by atoms with van der Waals surface area (Å²) in [6.07, 6.45) is 2.02. The molecule has 1 aromatic carbocycles. The van der Waals surface area contributed by atoms with Gasteiger partial charge in [-0.25, -0.2) is 0 Å². The minimum Gasteiger partial charge on any atom is -0.381 e. The first-order valence-electron chi connectivity index (χ1n) is 5.24. The van der Waals surface area contributed by atoms with Crippen LogP contribution in [0.2, 0.25) is 5.02 Å². The van der Waals surface area contributed by atoms with Crippen molar-refractivity contribution in [3.05, 3.63) is 45.1 Å². The Morgan fingerprint density at radius 1 is 1.47 bits per heavy atom. The van der Waals surface area contributed by atoms with Gasteiger partial charge in [0, 0.05) is 35.5 Å². The number of anilines is 1. The number of nitrogens with zero attached hydrogens (tertiary/aromatic N) is 2. The number of rotatable bonds is 3. The van der Waals surface area contributed by atoms with Crippen LogP contribution in [-0.2, 0) is 13.6 Å². The van der Waals surface area contributed by atoms with Crippen LogP contribution in [0.3, 0.4) is 0 Å². The van der Waals surface area contributed by atoms with Crippen LogP contribution in [0.15, 0.2) is 28.9 Å². The van der Waals surface area contributed by atoms with Crippen molar-refractivity contribution in [3.8, 4) is 0 Å². The molecule has 1 N–H and O–H groups in total. The molecule has 0 radical (unpaired) electrons. The van der Waals surface area contributed by atoms with Gasteiger partial charge in [0.15, 0.2) is 0 Å². The Morgan fingerprint density at radius 2 is 2.24 bits per heavy atom. The summed E-state index contributed by atoms with van der Waals surface area (Å²) >= 11 is 9.39. The first-order valence-corrected chi connectivity index (χ1v) is 6.41. The Hall–Kier alpha value is -1.000. The maximum absolute atomic E-state index is 6.03. The zero-order valence-corrected chi connectivity index (χ0v) is 12.0. The molecule has 0 aliphatic carbocycles. The number of nitrogens with one attached hydrogen (secondary N) is 1. The maximum atomic E-state index is 6.03. The van der Waals surface area contributed by atoms with E-state index in [0.717, 1.165) is 22.4 Å². The summed E-state index contributed by atoms with van der Waals surface area (Å²) in [5.74, 6) is 0. The third-order valence-corrected chi connectivity index (χ3v) is 3.75. The van der Waals surface area contributed by atoms with Crippen molar-refractivity contribution in [2.75, 3.05) is 5.32 Å². The molecule has 0 bridgehead atoms. The van der Waals surface area contributed by atoms with Gasteiger partial charge in [0.1, 0.15) is 0 Å². The van der Waals surface area contributed by atoms with E-state index in [-0.39, 0.29) is 0 Å². The molecule has 2 aromatic rings. The zero-order valence-electron chi connectivity index (χ0n) is 9.67. The van der Waals surface area contributed by atoms with Gasteiger partial charge in [-0.15, -0.1) is 0 Å². The Bertz CT molecular complexity index is 537. The highest BCUT2D eigenvalue weighted by molar-refractivity contribution is 9.10. The van der Waals surface area contributed by atoms with Crippen molar-refractivity contribution < 1.29 is 0 Å². The van der Waals surface area contributed by atoms with Crippen LogP contribution in [0, 0.1) is 6.92 Å². The molecule has 90 valence electrons. The number of aromatic nitrogens is 2. The smallest absolute Gasteiger partial charge is 0.0643 e. The van der Waals surface area contributed by atoms with E-state index in [2.05, 4.69) is 26.3 Å². The van der Waals surface area contributed by atoms with Crippen molar-refractivity contribution in [2.45, 2.75) is 13.5 Å². The fourth-order valence-electron chi connectivity index (χ4n) is 1.63. The van der Waals surface area contributed by atoms with Gasteiger partial charge in [0.05, 0.1) is 10.7 Å². The lowest BCUT2D eigenvalue weighted by Gasteiger charge is -2.06. The lowest BCUT2D eigenvalue weighted by atomic mass is 10.2. The summed E-state index contributed by atoms with van der Waals surface area (Å²) in [4.78, 5) is 0. The van der Waals surface area contributed by atoms with E-state index >= 15 is 0 Å². The molecular formula is C12H13BrClN3. The van der Waals surface area contributed by atoms with Crippen LogP contribution < -0.4 is 5.32 Å². The molecule has 0 spiro atoms. The number of aryl methyl sites for hydroxylation is 2. The highest BCUT2D eigenvalue weighted by atomic mass is 79.9. The van der Waals surface area contributed by atoms with Gasteiger partial charge in [0.25, 0.3) is 0 Å².